The summed E-state index contributed by atoms with van der Waals surface area (Å²) in [5.74, 6) is 0. The minimum Gasteiger partial charge on any atom is -0.265 e. The maximum atomic E-state index is 5.05. The molecule has 0 saturated heterocycles. The third kappa shape index (κ3) is 1.60. The summed E-state index contributed by atoms with van der Waals surface area (Å²) in [7, 11) is 0. The highest BCUT2D eigenvalue weighted by Gasteiger charge is 1.97. The van der Waals surface area contributed by atoms with Gasteiger partial charge >= 0.3 is 0 Å². The summed E-state index contributed by atoms with van der Waals surface area (Å²) in [5.41, 5.74) is 1.20. The third-order valence-electron chi connectivity index (χ3n) is 1.42. The van der Waals surface area contributed by atoms with Crippen LogP contribution in [0, 0.1) is 3.14 Å². The Labute approximate surface area is 83.4 Å². The minimum atomic E-state index is 0.974. The molecule has 0 atom stereocenters. The van der Waals surface area contributed by atoms with E-state index in [4.69, 9.17) is 12.2 Å². The first-order chi connectivity index (χ1) is 5.86. The van der Waals surface area contributed by atoms with Crippen LogP contribution in [-0.4, -0.2) is 4.98 Å². The number of nitrogens with zero attached hydrogens (tertiary/aromatic N) is 1. The Morgan fingerprint density at radius 3 is 2.58 bits per heavy atom. The van der Waals surface area contributed by atoms with Crippen LogP contribution in [0.4, 0.5) is 0 Å². The third-order valence-corrected chi connectivity index (χ3v) is 3.93. The number of hydrogen-bond acceptors (Lipinski definition) is 4. The van der Waals surface area contributed by atoms with Crippen LogP contribution in [0.25, 0.3) is 10.4 Å². The molecule has 0 radical (unpaired) electrons. The summed E-state index contributed by atoms with van der Waals surface area (Å²) in [5, 5.41) is 2.09. The molecule has 2 aromatic heterocycles. The highest BCUT2D eigenvalue weighted by Crippen LogP contribution is 2.27. The van der Waals surface area contributed by atoms with E-state index >= 15 is 0 Å². The lowest BCUT2D eigenvalue weighted by molar-refractivity contribution is 1.33. The van der Waals surface area contributed by atoms with Gasteiger partial charge in [0.05, 0.1) is 0 Å². The molecule has 0 saturated carbocycles. The van der Waals surface area contributed by atoms with E-state index < -0.39 is 0 Å². The van der Waals surface area contributed by atoms with Gasteiger partial charge in [-0.3, -0.25) is 4.98 Å². The summed E-state index contributed by atoms with van der Waals surface area (Å²) in [6.45, 7) is 0. The molecule has 60 valence electrons. The zero-order chi connectivity index (χ0) is 8.39. The second-order valence-corrected chi connectivity index (χ2v) is 5.30. The second-order valence-electron chi connectivity index (χ2n) is 2.19. The largest absolute Gasteiger partial charge is 0.265 e. The average Bonchev–Trinajstić information content (AvgIpc) is 2.54. The molecule has 0 N–H and O–H groups in total. The molecule has 2 heterocycles. The second kappa shape index (κ2) is 3.43. The molecule has 0 aliphatic rings. The molecule has 0 amide bonds. The van der Waals surface area contributed by atoms with Crippen molar-refractivity contribution in [2.75, 3.05) is 0 Å². The normalized spacial score (nSPS) is 10.0. The zero-order valence-electron chi connectivity index (χ0n) is 6.06. The quantitative estimate of drug-likeness (QED) is 0.668. The van der Waals surface area contributed by atoms with E-state index in [9.17, 15) is 0 Å². The Bertz CT molecular complexity index is 415. The van der Waals surface area contributed by atoms with E-state index in [1.54, 1.807) is 35.1 Å². The molecule has 0 aliphatic heterocycles. The first-order valence-electron chi connectivity index (χ1n) is 3.35. The highest BCUT2D eigenvalue weighted by atomic mass is 32.2. The fraction of sp³-hybridized carbons (Fsp3) is 0. The molecule has 0 bridgehead atoms. The van der Waals surface area contributed by atoms with Crippen molar-refractivity contribution < 1.29 is 0 Å². The van der Waals surface area contributed by atoms with Gasteiger partial charge < -0.3 is 0 Å². The van der Waals surface area contributed by atoms with Crippen molar-refractivity contribution >= 4 is 34.9 Å². The Morgan fingerprint density at radius 2 is 2.00 bits per heavy atom. The van der Waals surface area contributed by atoms with Gasteiger partial charge in [0.2, 0.25) is 0 Å². The Hall–Kier alpha value is -0.580. The molecular weight excluding hydrogens is 206 g/mol. The monoisotopic (exact) mass is 211 g/mol. The average molecular weight is 211 g/mol. The van der Waals surface area contributed by atoms with Gasteiger partial charge in [0.15, 0.2) is 0 Å². The number of hydrogen-bond donors (Lipinski definition) is 0. The first kappa shape index (κ1) is 8.04. The predicted octanol–water partition coefficient (Wildman–Crippen LogP) is 3.60. The minimum absolute atomic E-state index is 0.974. The van der Waals surface area contributed by atoms with Crippen molar-refractivity contribution in [3.8, 4) is 10.4 Å². The Morgan fingerprint density at radius 1 is 1.25 bits per heavy atom. The van der Waals surface area contributed by atoms with E-state index in [0.717, 1.165) is 3.14 Å². The maximum absolute atomic E-state index is 5.05. The zero-order valence-corrected chi connectivity index (χ0v) is 8.51. The molecule has 0 fully saturated rings. The maximum Gasteiger partial charge on any atom is 0.144 e. The van der Waals surface area contributed by atoms with Crippen LogP contribution in [0.3, 0.4) is 0 Å². The van der Waals surface area contributed by atoms with Gasteiger partial charge in [-0.2, -0.15) is 0 Å². The molecule has 1 nitrogen and oxygen atoms in total. The van der Waals surface area contributed by atoms with E-state index in [-0.39, 0.29) is 0 Å². The number of aromatic nitrogens is 1. The molecule has 0 aliphatic carbocycles. The lowest BCUT2D eigenvalue weighted by atomic mass is 10.2. The van der Waals surface area contributed by atoms with Gasteiger partial charge in [-0.05, 0) is 17.7 Å². The van der Waals surface area contributed by atoms with Gasteiger partial charge in [0.1, 0.15) is 3.14 Å². The van der Waals surface area contributed by atoms with Crippen LogP contribution < -0.4 is 0 Å². The van der Waals surface area contributed by atoms with Crippen LogP contribution in [0.15, 0.2) is 29.9 Å². The molecule has 4 heteroatoms. The SMILES string of the molecule is S=c1scc(-c2ccncc2)s1. The highest BCUT2D eigenvalue weighted by molar-refractivity contribution is 7.76. The summed E-state index contributed by atoms with van der Waals surface area (Å²) < 4.78 is 0.974. The topological polar surface area (TPSA) is 12.9 Å². The summed E-state index contributed by atoms with van der Waals surface area (Å²) in [6, 6.07) is 3.99. The molecule has 0 spiro atoms. The number of rotatable bonds is 1. The molecule has 12 heavy (non-hydrogen) atoms. The van der Waals surface area contributed by atoms with Crippen molar-refractivity contribution in [1.29, 1.82) is 0 Å². The van der Waals surface area contributed by atoms with E-state index in [0.29, 0.717) is 0 Å². The number of pyridine rings is 1. The predicted molar refractivity (Wildman–Crippen MR) is 56.3 cm³/mol. The summed E-state index contributed by atoms with van der Waals surface area (Å²) >= 11 is 8.31. The van der Waals surface area contributed by atoms with Crippen LogP contribution in [0.2, 0.25) is 0 Å². The van der Waals surface area contributed by atoms with E-state index in [1.807, 2.05) is 12.1 Å². The van der Waals surface area contributed by atoms with Crippen molar-refractivity contribution in [1.82, 2.24) is 4.98 Å². The summed E-state index contributed by atoms with van der Waals surface area (Å²) in [4.78, 5) is 5.19. The fourth-order valence-corrected chi connectivity index (χ4v) is 3.01. The van der Waals surface area contributed by atoms with E-state index in [1.165, 1.54) is 10.4 Å². The van der Waals surface area contributed by atoms with E-state index in [2.05, 4.69) is 10.4 Å². The van der Waals surface area contributed by atoms with Crippen LogP contribution in [-0.2, 0) is 0 Å². The lowest BCUT2D eigenvalue weighted by Gasteiger charge is -1.92. The lowest BCUT2D eigenvalue weighted by Crippen LogP contribution is -1.71. The molecule has 0 aromatic carbocycles. The van der Waals surface area contributed by atoms with Gasteiger partial charge in [-0.25, -0.2) is 0 Å². The Balaban J connectivity index is 2.51. The van der Waals surface area contributed by atoms with Crippen molar-refractivity contribution in [2.45, 2.75) is 0 Å². The summed E-state index contributed by atoms with van der Waals surface area (Å²) in [6.07, 6.45) is 3.59. The molecular formula is C8H5NS3. The molecule has 2 aromatic rings. The Kier molecular flexibility index (Phi) is 2.30. The van der Waals surface area contributed by atoms with Crippen molar-refractivity contribution in [2.24, 2.45) is 0 Å². The molecule has 0 unspecified atom stereocenters. The fourth-order valence-electron chi connectivity index (χ4n) is 0.883. The van der Waals surface area contributed by atoms with Gasteiger partial charge in [-0.15, -0.1) is 22.7 Å². The van der Waals surface area contributed by atoms with Crippen LogP contribution in [0.5, 0.6) is 0 Å². The smallest absolute Gasteiger partial charge is 0.144 e. The van der Waals surface area contributed by atoms with Crippen LogP contribution >= 0.6 is 34.9 Å². The van der Waals surface area contributed by atoms with Crippen molar-refractivity contribution in [3.63, 3.8) is 0 Å². The van der Waals surface area contributed by atoms with Gasteiger partial charge in [0, 0.05) is 22.7 Å². The molecule has 2 rings (SSSR count). The van der Waals surface area contributed by atoms with Crippen molar-refractivity contribution in [3.05, 3.63) is 33.0 Å². The standard InChI is InChI=1S/C8H5NS3/c10-8-11-5-7(12-8)6-1-3-9-4-2-6/h1-5H. The van der Waals surface area contributed by atoms with Gasteiger partial charge in [0.25, 0.3) is 0 Å². The first-order valence-corrected chi connectivity index (χ1v) is 5.46. The van der Waals surface area contributed by atoms with Crippen LogP contribution in [0.1, 0.15) is 0 Å². The van der Waals surface area contributed by atoms with Gasteiger partial charge in [-0.1, -0.05) is 12.2 Å².